The zero-order valence-electron chi connectivity index (χ0n) is 14.0. The number of aromatic nitrogens is 1. The lowest BCUT2D eigenvalue weighted by atomic mass is 10.0. The summed E-state index contributed by atoms with van der Waals surface area (Å²) in [5.74, 6) is -1.43. The van der Waals surface area contributed by atoms with E-state index in [0.29, 0.717) is 28.3 Å². The molecule has 2 aromatic rings. The van der Waals surface area contributed by atoms with Gasteiger partial charge >= 0.3 is 0 Å². The Hall–Kier alpha value is -3.13. The van der Waals surface area contributed by atoms with Crippen molar-refractivity contribution in [2.45, 2.75) is 25.4 Å². The number of benzene rings is 1. The van der Waals surface area contributed by atoms with Crippen LogP contribution in [-0.2, 0) is 16.1 Å². The number of amides is 4. The van der Waals surface area contributed by atoms with Crippen molar-refractivity contribution < 1.29 is 19.2 Å². The third-order valence-electron chi connectivity index (χ3n) is 4.70. The van der Waals surface area contributed by atoms with Gasteiger partial charge in [0.05, 0.1) is 5.02 Å². The molecule has 0 bridgehead atoms. The summed E-state index contributed by atoms with van der Waals surface area (Å²) in [6.45, 7) is 0.243. The maximum absolute atomic E-state index is 12.6. The Morgan fingerprint density at radius 1 is 1.22 bits per heavy atom. The summed E-state index contributed by atoms with van der Waals surface area (Å²) in [6.07, 6.45) is 2.07. The Morgan fingerprint density at radius 3 is 2.74 bits per heavy atom. The van der Waals surface area contributed by atoms with Gasteiger partial charge in [0.25, 0.3) is 11.8 Å². The summed E-state index contributed by atoms with van der Waals surface area (Å²) in [6, 6.07) is 5.86. The fraction of sp³-hybridized carbons (Fsp3) is 0.222. The Labute approximate surface area is 158 Å². The van der Waals surface area contributed by atoms with Gasteiger partial charge in [-0.3, -0.25) is 24.5 Å². The summed E-state index contributed by atoms with van der Waals surface area (Å²) < 4.78 is 0. The lowest BCUT2D eigenvalue weighted by molar-refractivity contribution is -0.136. The number of rotatable bonds is 3. The minimum Gasteiger partial charge on any atom is -0.356 e. The number of halogens is 1. The van der Waals surface area contributed by atoms with Gasteiger partial charge in [0.15, 0.2) is 0 Å². The van der Waals surface area contributed by atoms with E-state index in [1.165, 1.54) is 4.90 Å². The molecule has 1 saturated heterocycles. The molecule has 0 radical (unpaired) electrons. The molecule has 0 spiro atoms. The van der Waals surface area contributed by atoms with E-state index in [1.807, 2.05) is 0 Å². The van der Waals surface area contributed by atoms with Gasteiger partial charge in [-0.1, -0.05) is 11.6 Å². The van der Waals surface area contributed by atoms with Crippen molar-refractivity contribution in [3.63, 3.8) is 0 Å². The number of fused-ring (bicyclic) bond motifs is 1. The average Bonchev–Trinajstić information content (AvgIpc) is 3.19. The predicted molar refractivity (Wildman–Crippen MR) is 96.2 cm³/mol. The number of nitrogens with one attached hydrogen (secondary N) is 3. The van der Waals surface area contributed by atoms with Crippen LogP contribution >= 0.6 is 11.6 Å². The third kappa shape index (κ3) is 3.08. The normalized spacial score (nSPS) is 19.1. The van der Waals surface area contributed by atoms with Crippen molar-refractivity contribution in [3.05, 3.63) is 52.3 Å². The molecule has 1 aromatic carbocycles. The van der Waals surface area contributed by atoms with Crippen LogP contribution in [0.15, 0.2) is 30.5 Å². The van der Waals surface area contributed by atoms with E-state index in [0.717, 1.165) is 0 Å². The molecule has 1 fully saturated rings. The van der Waals surface area contributed by atoms with Crippen LogP contribution in [-0.4, -0.2) is 39.6 Å². The number of hydrogen-bond donors (Lipinski definition) is 3. The van der Waals surface area contributed by atoms with E-state index in [4.69, 9.17) is 11.6 Å². The highest BCUT2D eigenvalue weighted by Crippen LogP contribution is 2.29. The van der Waals surface area contributed by atoms with E-state index >= 15 is 0 Å². The third-order valence-corrected chi connectivity index (χ3v) is 5.02. The predicted octanol–water partition coefficient (Wildman–Crippen LogP) is 1.68. The molecule has 1 unspecified atom stereocenters. The van der Waals surface area contributed by atoms with Gasteiger partial charge in [-0.15, -0.1) is 0 Å². The zero-order valence-corrected chi connectivity index (χ0v) is 14.8. The molecule has 3 heterocycles. The zero-order chi connectivity index (χ0) is 19.1. The minimum absolute atomic E-state index is 0.203. The Bertz CT molecular complexity index is 983. The molecule has 2 aliphatic rings. The van der Waals surface area contributed by atoms with Crippen molar-refractivity contribution in [2.75, 3.05) is 5.32 Å². The van der Waals surface area contributed by atoms with Gasteiger partial charge in [-0.05, 0) is 36.2 Å². The fourth-order valence-electron chi connectivity index (χ4n) is 3.37. The van der Waals surface area contributed by atoms with Crippen molar-refractivity contribution in [3.8, 4) is 0 Å². The Balaban J connectivity index is 1.52. The fourth-order valence-corrected chi connectivity index (χ4v) is 3.57. The number of nitrogens with zero attached hydrogens (tertiary/aromatic N) is 1. The van der Waals surface area contributed by atoms with Gasteiger partial charge in [0.2, 0.25) is 11.8 Å². The molecule has 0 saturated carbocycles. The largest absolute Gasteiger partial charge is 0.356 e. The standard InChI is InChI=1S/C18H15ClN4O4/c19-12-5-6-20-15(12)17(26)21-10-1-2-11-9(7-10)8-23(18(11)27)13-3-4-14(24)22-16(13)25/h1-2,5-7,13,20H,3-4,8H2,(H,21,26)(H,22,24,25). The molecule has 1 atom stereocenters. The number of hydrogen-bond acceptors (Lipinski definition) is 4. The lowest BCUT2D eigenvalue weighted by Gasteiger charge is -2.29. The molecule has 27 heavy (non-hydrogen) atoms. The lowest BCUT2D eigenvalue weighted by Crippen LogP contribution is -2.52. The van der Waals surface area contributed by atoms with Gasteiger partial charge in [-0.2, -0.15) is 0 Å². The topological polar surface area (TPSA) is 111 Å². The van der Waals surface area contributed by atoms with Crippen molar-refractivity contribution >= 4 is 40.9 Å². The van der Waals surface area contributed by atoms with E-state index < -0.39 is 17.9 Å². The summed E-state index contributed by atoms with van der Waals surface area (Å²) in [7, 11) is 0. The molecule has 3 N–H and O–H groups in total. The maximum Gasteiger partial charge on any atom is 0.273 e. The van der Waals surface area contributed by atoms with Gasteiger partial charge in [0, 0.05) is 30.4 Å². The monoisotopic (exact) mass is 386 g/mol. The molecule has 1 aromatic heterocycles. The highest BCUT2D eigenvalue weighted by Gasteiger charge is 2.39. The molecular formula is C18H15ClN4O4. The summed E-state index contributed by atoms with van der Waals surface area (Å²) in [5.41, 5.74) is 1.96. The summed E-state index contributed by atoms with van der Waals surface area (Å²) >= 11 is 5.94. The number of piperidine rings is 1. The Kier molecular flexibility index (Phi) is 4.19. The smallest absolute Gasteiger partial charge is 0.273 e. The second-order valence-electron chi connectivity index (χ2n) is 6.43. The first kappa shape index (κ1) is 17.3. The van der Waals surface area contributed by atoms with Crippen LogP contribution in [0.2, 0.25) is 5.02 Å². The first-order valence-electron chi connectivity index (χ1n) is 8.36. The molecule has 4 rings (SSSR count). The van der Waals surface area contributed by atoms with Crippen LogP contribution in [0.3, 0.4) is 0 Å². The highest BCUT2D eigenvalue weighted by atomic mass is 35.5. The van der Waals surface area contributed by atoms with Crippen LogP contribution in [0.4, 0.5) is 5.69 Å². The second kappa shape index (κ2) is 6.55. The second-order valence-corrected chi connectivity index (χ2v) is 6.83. The van der Waals surface area contributed by atoms with E-state index in [2.05, 4.69) is 15.6 Å². The van der Waals surface area contributed by atoms with E-state index in [9.17, 15) is 19.2 Å². The number of anilines is 1. The van der Waals surface area contributed by atoms with Crippen LogP contribution in [0, 0.1) is 0 Å². The van der Waals surface area contributed by atoms with Gasteiger partial charge in [0.1, 0.15) is 11.7 Å². The molecule has 0 aliphatic carbocycles. The highest BCUT2D eigenvalue weighted by molar-refractivity contribution is 6.34. The van der Waals surface area contributed by atoms with Crippen LogP contribution in [0.25, 0.3) is 0 Å². The van der Waals surface area contributed by atoms with Crippen LogP contribution in [0.5, 0.6) is 0 Å². The van der Waals surface area contributed by atoms with E-state index in [-0.39, 0.29) is 30.5 Å². The van der Waals surface area contributed by atoms with E-state index in [1.54, 1.807) is 30.5 Å². The minimum atomic E-state index is -0.668. The van der Waals surface area contributed by atoms with Crippen molar-refractivity contribution in [1.29, 1.82) is 0 Å². The summed E-state index contributed by atoms with van der Waals surface area (Å²) in [4.78, 5) is 52.5. The number of imide groups is 1. The van der Waals surface area contributed by atoms with Crippen LogP contribution in [0.1, 0.15) is 39.3 Å². The maximum atomic E-state index is 12.6. The molecule has 8 nitrogen and oxygen atoms in total. The van der Waals surface area contributed by atoms with Crippen LogP contribution < -0.4 is 10.6 Å². The molecule has 138 valence electrons. The first-order valence-corrected chi connectivity index (χ1v) is 8.73. The number of aromatic amines is 1. The first-order chi connectivity index (χ1) is 12.9. The summed E-state index contributed by atoms with van der Waals surface area (Å²) in [5, 5.41) is 5.31. The van der Waals surface area contributed by atoms with Gasteiger partial charge < -0.3 is 15.2 Å². The van der Waals surface area contributed by atoms with Gasteiger partial charge in [-0.25, -0.2) is 0 Å². The SMILES string of the molecule is O=C1CCC(N2Cc3cc(NC(=O)c4[nH]ccc4Cl)ccc3C2=O)C(=O)N1. The number of carbonyl (C=O) groups excluding carboxylic acids is 4. The average molecular weight is 387 g/mol. The molecule has 9 heteroatoms. The molecular weight excluding hydrogens is 372 g/mol. The molecule has 2 aliphatic heterocycles. The quantitative estimate of drug-likeness (QED) is 0.697. The van der Waals surface area contributed by atoms with Crippen molar-refractivity contribution in [1.82, 2.24) is 15.2 Å². The molecule has 4 amide bonds. The number of H-pyrrole nitrogens is 1. The van der Waals surface area contributed by atoms with Crippen molar-refractivity contribution in [2.24, 2.45) is 0 Å². The number of carbonyl (C=O) groups is 4. The Morgan fingerprint density at radius 2 is 2.04 bits per heavy atom.